The molecule has 2 unspecified atom stereocenters. The van der Waals surface area contributed by atoms with E-state index in [0.29, 0.717) is 12.3 Å². The first-order valence-corrected chi connectivity index (χ1v) is 9.90. The minimum Gasteiger partial charge on any atom is -0.347 e. The lowest BCUT2D eigenvalue weighted by atomic mass is 9.76. The number of aliphatic imine (C=N–C) groups is 2. The number of guanidine groups is 1. The van der Waals surface area contributed by atoms with Crippen molar-refractivity contribution in [2.75, 3.05) is 20.6 Å². The Morgan fingerprint density at radius 2 is 2.00 bits per heavy atom. The van der Waals surface area contributed by atoms with Crippen LogP contribution in [0.2, 0.25) is 0 Å². The molecule has 1 amide bonds. The Hall–Kier alpha value is -1.59. The largest absolute Gasteiger partial charge is 0.347 e. The second-order valence-electron chi connectivity index (χ2n) is 7.89. The number of hydrogen-bond donors (Lipinski definition) is 1. The molecule has 1 aliphatic carbocycles. The third-order valence-corrected chi connectivity index (χ3v) is 5.95. The summed E-state index contributed by atoms with van der Waals surface area (Å²) in [5, 5.41) is 3.23. The van der Waals surface area contributed by atoms with Crippen molar-refractivity contribution < 1.29 is 4.79 Å². The van der Waals surface area contributed by atoms with Gasteiger partial charge in [-0.3, -0.25) is 9.79 Å². The molecular weight excluding hydrogens is 314 g/mol. The van der Waals surface area contributed by atoms with E-state index in [0.717, 1.165) is 44.0 Å². The monoisotopic (exact) mass is 347 g/mol. The van der Waals surface area contributed by atoms with Crippen molar-refractivity contribution in [3.05, 3.63) is 0 Å². The van der Waals surface area contributed by atoms with E-state index < -0.39 is 0 Å². The Morgan fingerprint density at radius 3 is 2.60 bits per heavy atom. The van der Waals surface area contributed by atoms with Gasteiger partial charge < -0.3 is 15.1 Å². The van der Waals surface area contributed by atoms with E-state index >= 15 is 0 Å². The molecule has 2 aliphatic heterocycles. The number of hydrogen-bond acceptors (Lipinski definition) is 2. The zero-order valence-corrected chi connectivity index (χ0v) is 16.2. The summed E-state index contributed by atoms with van der Waals surface area (Å²) < 4.78 is 0. The molecule has 3 rings (SSSR count). The summed E-state index contributed by atoms with van der Waals surface area (Å²) in [5.74, 6) is 2.55. The maximum Gasteiger partial charge on any atom is 0.223 e. The van der Waals surface area contributed by atoms with Crippen LogP contribution in [0.3, 0.4) is 0 Å². The predicted octanol–water partition coefficient (Wildman–Crippen LogP) is 2.60. The molecule has 6 nitrogen and oxygen atoms in total. The van der Waals surface area contributed by atoms with Gasteiger partial charge in [-0.2, -0.15) is 4.99 Å². The molecule has 0 aromatic heterocycles. The van der Waals surface area contributed by atoms with Gasteiger partial charge in [-0.05, 0) is 32.6 Å². The van der Waals surface area contributed by atoms with E-state index in [9.17, 15) is 4.79 Å². The maximum absolute atomic E-state index is 12.4. The van der Waals surface area contributed by atoms with E-state index in [2.05, 4.69) is 22.1 Å². The normalized spacial score (nSPS) is 30.6. The van der Waals surface area contributed by atoms with Crippen LogP contribution in [0.15, 0.2) is 9.98 Å². The predicted molar refractivity (Wildman–Crippen MR) is 102 cm³/mol. The Bertz CT molecular complexity index is 562. The van der Waals surface area contributed by atoms with Crippen molar-refractivity contribution >= 4 is 17.7 Å². The lowest BCUT2D eigenvalue weighted by Gasteiger charge is -2.51. The molecule has 3 aliphatic rings. The molecule has 0 radical (unpaired) electrons. The summed E-state index contributed by atoms with van der Waals surface area (Å²) in [6, 6.07) is 0. The van der Waals surface area contributed by atoms with E-state index in [1.165, 1.54) is 19.3 Å². The number of carbonyl (C=O) groups excluding carboxylic acids is 1. The molecule has 2 atom stereocenters. The standard InChI is InChI=1S/C19H33N5O/c1-5-14-12-15-21-16(25)13-19(10-8-7-9-11-19)24(15)17(14)22-18(20-6-2)23(3)4/h14-15H,5-13H2,1-4H3,(H,21,25)/b20-18+,22-17+. The molecule has 140 valence electrons. The molecule has 0 aromatic rings. The molecule has 1 saturated carbocycles. The first kappa shape index (κ1) is 18.2. The number of amidine groups is 1. The van der Waals surface area contributed by atoms with Gasteiger partial charge in [0.05, 0.1) is 5.54 Å². The fourth-order valence-corrected chi connectivity index (χ4v) is 4.80. The number of amides is 1. The smallest absolute Gasteiger partial charge is 0.223 e. The van der Waals surface area contributed by atoms with Crippen LogP contribution in [0.5, 0.6) is 0 Å². The molecule has 3 fully saturated rings. The summed E-state index contributed by atoms with van der Waals surface area (Å²) in [5.41, 5.74) is -0.0301. The highest BCUT2D eigenvalue weighted by molar-refractivity contribution is 5.99. The zero-order chi connectivity index (χ0) is 18.0. The van der Waals surface area contributed by atoms with Gasteiger partial charge in [0.25, 0.3) is 0 Å². The highest BCUT2D eigenvalue weighted by atomic mass is 16.2. The first-order chi connectivity index (χ1) is 12.0. The highest BCUT2D eigenvalue weighted by Gasteiger charge is 2.53. The molecule has 2 heterocycles. The van der Waals surface area contributed by atoms with E-state index in [1.54, 1.807) is 0 Å². The minimum atomic E-state index is -0.0301. The molecule has 25 heavy (non-hydrogen) atoms. The van der Waals surface area contributed by atoms with Crippen LogP contribution in [0, 0.1) is 5.92 Å². The summed E-state index contributed by atoms with van der Waals surface area (Å²) >= 11 is 0. The maximum atomic E-state index is 12.4. The van der Waals surface area contributed by atoms with Crippen molar-refractivity contribution in [1.82, 2.24) is 15.1 Å². The SMILES string of the molecule is CC/N=C(\N=C1/C(CC)CC2NC(=O)CC3(CCCCC3)N12)N(C)C. The average Bonchev–Trinajstić information content (AvgIpc) is 2.93. The van der Waals surface area contributed by atoms with Crippen LogP contribution < -0.4 is 5.32 Å². The fourth-order valence-electron chi connectivity index (χ4n) is 4.80. The lowest BCUT2D eigenvalue weighted by molar-refractivity contribution is -0.131. The molecule has 1 N–H and O–H groups in total. The van der Waals surface area contributed by atoms with Gasteiger partial charge in [0, 0.05) is 33.0 Å². The van der Waals surface area contributed by atoms with Crippen LogP contribution in [-0.4, -0.2) is 59.8 Å². The summed E-state index contributed by atoms with van der Waals surface area (Å²) in [6.07, 6.45) is 8.65. The number of nitrogens with one attached hydrogen (secondary N) is 1. The Balaban J connectivity index is 2.02. The van der Waals surface area contributed by atoms with Crippen molar-refractivity contribution in [2.24, 2.45) is 15.9 Å². The Morgan fingerprint density at radius 1 is 1.28 bits per heavy atom. The van der Waals surface area contributed by atoms with Gasteiger partial charge in [-0.1, -0.05) is 26.2 Å². The van der Waals surface area contributed by atoms with Gasteiger partial charge in [-0.25, -0.2) is 0 Å². The van der Waals surface area contributed by atoms with Gasteiger partial charge in [0.1, 0.15) is 12.0 Å². The number of fused-ring (bicyclic) bond motifs is 2. The van der Waals surface area contributed by atoms with E-state index in [-0.39, 0.29) is 17.6 Å². The van der Waals surface area contributed by atoms with Crippen molar-refractivity contribution in [3.63, 3.8) is 0 Å². The third kappa shape index (κ3) is 3.40. The molecule has 2 saturated heterocycles. The second-order valence-corrected chi connectivity index (χ2v) is 7.89. The average molecular weight is 348 g/mol. The van der Waals surface area contributed by atoms with Crippen LogP contribution in [0.4, 0.5) is 0 Å². The number of carbonyl (C=O) groups is 1. The van der Waals surface area contributed by atoms with E-state index in [4.69, 9.17) is 4.99 Å². The summed E-state index contributed by atoms with van der Waals surface area (Å²) in [7, 11) is 4.00. The van der Waals surface area contributed by atoms with Gasteiger partial charge in [0.15, 0.2) is 0 Å². The van der Waals surface area contributed by atoms with Crippen LogP contribution in [-0.2, 0) is 4.79 Å². The molecule has 0 aromatic carbocycles. The lowest BCUT2D eigenvalue weighted by Crippen LogP contribution is -2.65. The van der Waals surface area contributed by atoms with Gasteiger partial charge in [0.2, 0.25) is 11.9 Å². The van der Waals surface area contributed by atoms with Gasteiger partial charge >= 0.3 is 0 Å². The minimum absolute atomic E-state index is 0.0301. The first-order valence-electron chi connectivity index (χ1n) is 9.90. The van der Waals surface area contributed by atoms with Crippen molar-refractivity contribution in [3.8, 4) is 0 Å². The van der Waals surface area contributed by atoms with Crippen molar-refractivity contribution in [2.45, 2.75) is 76.9 Å². The van der Waals surface area contributed by atoms with E-state index in [1.807, 2.05) is 25.9 Å². The van der Waals surface area contributed by atoms with Crippen LogP contribution in [0.25, 0.3) is 0 Å². The quantitative estimate of drug-likeness (QED) is 0.617. The molecule has 6 heteroatoms. The molecule has 0 bridgehead atoms. The van der Waals surface area contributed by atoms with Gasteiger partial charge in [-0.15, -0.1) is 0 Å². The fraction of sp³-hybridized carbons (Fsp3) is 0.842. The number of nitrogens with zero attached hydrogens (tertiary/aromatic N) is 4. The molecular formula is C19H33N5O. The zero-order valence-electron chi connectivity index (χ0n) is 16.2. The van der Waals surface area contributed by atoms with Crippen LogP contribution in [0.1, 0.15) is 65.2 Å². The topological polar surface area (TPSA) is 60.3 Å². The van der Waals surface area contributed by atoms with Crippen molar-refractivity contribution in [1.29, 1.82) is 0 Å². The van der Waals surface area contributed by atoms with Crippen LogP contribution >= 0.6 is 0 Å². The summed E-state index contributed by atoms with van der Waals surface area (Å²) in [4.78, 5) is 26.5. The summed E-state index contributed by atoms with van der Waals surface area (Å²) in [6.45, 7) is 4.99. The second kappa shape index (κ2) is 7.34. The molecule has 1 spiro atoms. The third-order valence-electron chi connectivity index (χ3n) is 5.95. The Labute approximate surface area is 151 Å². The number of rotatable bonds is 2. The Kier molecular flexibility index (Phi) is 5.35. The highest BCUT2D eigenvalue weighted by Crippen LogP contribution is 2.45.